The molecule has 0 unspecified atom stereocenters. The van der Waals surface area contributed by atoms with E-state index >= 15 is 0 Å². The molecule has 0 aliphatic heterocycles. The molecule has 7 heteroatoms. The van der Waals surface area contributed by atoms with Crippen LogP contribution in [0.4, 0.5) is 20.3 Å². The van der Waals surface area contributed by atoms with Crippen LogP contribution in [0.3, 0.4) is 0 Å². The van der Waals surface area contributed by atoms with Gasteiger partial charge in [0, 0.05) is 21.5 Å². The van der Waals surface area contributed by atoms with Crippen LogP contribution in [0.15, 0.2) is 34.8 Å². The van der Waals surface area contributed by atoms with Crippen LogP contribution in [-0.2, 0) is 0 Å². The maximum Gasteiger partial charge on any atom is 0.264 e. The molecule has 0 spiro atoms. The number of aromatic nitrogens is 2. The number of alkyl halides is 2. The Labute approximate surface area is 178 Å². The molecule has 1 heterocycles. The number of hydrogen-bond acceptors (Lipinski definition) is 4. The lowest BCUT2D eigenvalue weighted by atomic mass is 9.97. The predicted octanol–water partition coefficient (Wildman–Crippen LogP) is 6.94. The molecule has 1 atom stereocenters. The summed E-state index contributed by atoms with van der Waals surface area (Å²) in [6.45, 7) is 9.68. The van der Waals surface area contributed by atoms with E-state index in [1.807, 2.05) is 32.0 Å². The molecule has 3 rings (SSSR count). The van der Waals surface area contributed by atoms with Crippen molar-refractivity contribution in [1.29, 1.82) is 0 Å². The van der Waals surface area contributed by atoms with Gasteiger partial charge in [-0.05, 0) is 73.8 Å². The Kier molecular flexibility index (Phi) is 6.36. The standard InChI is InChI=1S/C22H25BrF2N4/c1-11(2)26-20-10-19-17(9-18(20)23)22(29-14(5)28-19)27-13(4)15-7-6-8-16(12(15)3)21(24)25/h6-11,13,21,26H,1-5H3,(H,27,28,29)/t13-/m1/s1. The first-order valence-corrected chi connectivity index (χ1v) is 10.3. The molecule has 0 radical (unpaired) electrons. The van der Waals surface area contributed by atoms with Crippen LogP contribution in [0, 0.1) is 13.8 Å². The Hall–Kier alpha value is -2.28. The molecule has 154 valence electrons. The van der Waals surface area contributed by atoms with Gasteiger partial charge in [-0.25, -0.2) is 18.7 Å². The van der Waals surface area contributed by atoms with Crippen molar-refractivity contribution < 1.29 is 8.78 Å². The molecular formula is C22H25BrF2N4. The van der Waals surface area contributed by atoms with E-state index in [4.69, 9.17) is 0 Å². The van der Waals surface area contributed by atoms with Gasteiger partial charge in [0.25, 0.3) is 6.43 Å². The molecule has 0 saturated carbocycles. The second-order valence-corrected chi connectivity index (χ2v) is 8.35. The molecule has 0 bridgehead atoms. The summed E-state index contributed by atoms with van der Waals surface area (Å²) in [6, 6.07) is 9.08. The zero-order valence-corrected chi connectivity index (χ0v) is 18.7. The number of rotatable bonds is 6. The average Bonchev–Trinajstić information content (AvgIpc) is 2.62. The van der Waals surface area contributed by atoms with Gasteiger partial charge >= 0.3 is 0 Å². The maximum absolute atomic E-state index is 13.3. The Bertz CT molecular complexity index is 1040. The van der Waals surface area contributed by atoms with Gasteiger partial charge in [0.2, 0.25) is 0 Å². The number of fused-ring (bicyclic) bond motifs is 1. The van der Waals surface area contributed by atoms with Gasteiger partial charge in [0.1, 0.15) is 11.6 Å². The molecular weight excluding hydrogens is 438 g/mol. The predicted molar refractivity (Wildman–Crippen MR) is 119 cm³/mol. The van der Waals surface area contributed by atoms with Crippen LogP contribution in [-0.4, -0.2) is 16.0 Å². The molecule has 0 amide bonds. The van der Waals surface area contributed by atoms with E-state index in [-0.39, 0.29) is 17.6 Å². The summed E-state index contributed by atoms with van der Waals surface area (Å²) in [5.74, 6) is 1.32. The number of benzene rings is 2. The van der Waals surface area contributed by atoms with E-state index in [9.17, 15) is 8.78 Å². The molecule has 0 aliphatic rings. The van der Waals surface area contributed by atoms with Gasteiger partial charge in [0.05, 0.1) is 17.2 Å². The second kappa shape index (κ2) is 8.61. The molecule has 0 aliphatic carbocycles. The summed E-state index contributed by atoms with van der Waals surface area (Å²) in [4.78, 5) is 9.14. The first-order valence-electron chi connectivity index (χ1n) is 9.56. The lowest BCUT2D eigenvalue weighted by molar-refractivity contribution is 0.150. The number of halogens is 3. The highest BCUT2D eigenvalue weighted by atomic mass is 79.9. The average molecular weight is 463 g/mol. The molecule has 3 aromatic rings. The van der Waals surface area contributed by atoms with Crippen LogP contribution in [0.2, 0.25) is 0 Å². The topological polar surface area (TPSA) is 49.8 Å². The highest BCUT2D eigenvalue weighted by Crippen LogP contribution is 2.34. The highest BCUT2D eigenvalue weighted by Gasteiger charge is 2.18. The lowest BCUT2D eigenvalue weighted by Crippen LogP contribution is -2.12. The summed E-state index contributed by atoms with van der Waals surface area (Å²) in [5, 5.41) is 7.66. The van der Waals surface area contributed by atoms with Gasteiger partial charge < -0.3 is 10.6 Å². The van der Waals surface area contributed by atoms with Crippen molar-refractivity contribution >= 4 is 38.3 Å². The summed E-state index contributed by atoms with van der Waals surface area (Å²) in [6.07, 6.45) is -2.49. The number of anilines is 2. The number of hydrogen-bond donors (Lipinski definition) is 2. The van der Waals surface area contributed by atoms with E-state index < -0.39 is 6.43 Å². The van der Waals surface area contributed by atoms with Crippen molar-refractivity contribution in [3.05, 3.63) is 57.3 Å². The van der Waals surface area contributed by atoms with Crippen molar-refractivity contribution in [3.8, 4) is 0 Å². The van der Waals surface area contributed by atoms with E-state index in [2.05, 4.69) is 50.4 Å². The molecule has 2 aromatic carbocycles. The summed E-state index contributed by atoms with van der Waals surface area (Å²) >= 11 is 3.62. The van der Waals surface area contributed by atoms with E-state index in [1.165, 1.54) is 6.07 Å². The zero-order chi connectivity index (χ0) is 21.3. The van der Waals surface area contributed by atoms with Gasteiger partial charge in [-0.2, -0.15) is 0 Å². The molecule has 1 aromatic heterocycles. The van der Waals surface area contributed by atoms with Crippen molar-refractivity contribution in [3.63, 3.8) is 0 Å². The first kappa shape index (κ1) is 21.4. The monoisotopic (exact) mass is 462 g/mol. The third-order valence-electron chi connectivity index (χ3n) is 4.81. The number of aryl methyl sites for hydroxylation is 1. The molecule has 2 N–H and O–H groups in total. The second-order valence-electron chi connectivity index (χ2n) is 7.50. The summed E-state index contributed by atoms with van der Waals surface area (Å²) in [7, 11) is 0. The molecule has 0 fully saturated rings. The minimum atomic E-state index is -2.49. The fraction of sp³-hybridized carbons (Fsp3) is 0.364. The Morgan fingerprint density at radius 3 is 2.31 bits per heavy atom. The normalized spacial score (nSPS) is 12.6. The van der Waals surface area contributed by atoms with E-state index in [0.29, 0.717) is 17.2 Å². The fourth-order valence-corrected chi connectivity index (χ4v) is 3.92. The van der Waals surface area contributed by atoms with E-state index in [1.54, 1.807) is 13.0 Å². The molecule has 29 heavy (non-hydrogen) atoms. The van der Waals surface area contributed by atoms with Gasteiger partial charge in [-0.1, -0.05) is 18.2 Å². The minimum absolute atomic E-state index is 0.0621. The van der Waals surface area contributed by atoms with Crippen LogP contribution < -0.4 is 10.6 Å². The van der Waals surface area contributed by atoms with Crippen LogP contribution in [0.25, 0.3) is 10.9 Å². The van der Waals surface area contributed by atoms with Gasteiger partial charge in [-0.15, -0.1) is 0 Å². The SMILES string of the molecule is Cc1nc(N[C@H](C)c2cccc(C(F)F)c2C)c2cc(Br)c(NC(C)C)cc2n1. The van der Waals surface area contributed by atoms with Gasteiger partial charge in [-0.3, -0.25) is 0 Å². The Morgan fingerprint density at radius 1 is 0.966 bits per heavy atom. The number of nitrogens with zero attached hydrogens (tertiary/aromatic N) is 2. The third-order valence-corrected chi connectivity index (χ3v) is 5.47. The largest absolute Gasteiger partial charge is 0.382 e. The van der Waals surface area contributed by atoms with Crippen molar-refractivity contribution in [1.82, 2.24) is 9.97 Å². The van der Waals surface area contributed by atoms with Crippen molar-refractivity contribution in [2.75, 3.05) is 10.6 Å². The fourth-order valence-electron chi connectivity index (χ4n) is 3.46. The smallest absolute Gasteiger partial charge is 0.264 e. The van der Waals surface area contributed by atoms with Gasteiger partial charge in [0.15, 0.2) is 0 Å². The van der Waals surface area contributed by atoms with Crippen LogP contribution in [0.5, 0.6) is 0 Å². The quantitative estimate of drug-likeness (QED) is 0.416. The third kappa shape index (κ3) is 4.66. The highest BCUT2D eigenvalue weighted by molar-refractivity contribution is 9.10. The zero-order valence-electron chi connectivity index (χ0n) is 17.1. The van der Waals surface area contributed by atoms with Crippen LogP contribution >= 0.6 is 15.9 Å². The van der Waals surface area contributed by atoms with Crippen molar-refractivity contribution in [2.24, 2.45) is 0 Å². The first-order chi connectivity index (χ1) is 13.7. The summed E-state index contributed by atoms with van der Waals surface area (Å²) < 4.78 is 27.5. The number of nitrogens with one attached hydrogen (secondary N) is 2. The van der Waals surface area contributed by atoms with E-state index in [0.717, 1.165) is 26.6 Å². The Morgan fingerprint density at radius 2 is 1.66 bits per heavy atom. The molecule has 0 saturated heterocycles. The summed E-state index contributed by atoms with van der Waals surface area (Å²) in [5.41, 5.74) is 3.26. The Balaban J connectivity index is 2.02. The minimum Gasteiger partial charge on any atom is -0.382 e. The molecule has 4 nitrogen and oxygen atoms in total. The van der Waals surface area contributed by atoms with Crippen LogP contribution in [0.1, 0.15) is 55.8 Å². The van der Waals surface area contributed by atoms with Crippen molar-refractivity contribution in [2.45, 2.75) is 53.1 Å². The lowest BCUT2D eigenvalue weighted by Gasteiger charge is -2.21. The maximum atomic E-state index is 13.3.